The average Bonchev–Trinajstić information content (AvgIpc) is 2.59. The zero-order chi connectivity index (χ0) is 21.1. The predicted octanol–water partition coefficient (Wildman–Crippen LogP) is 4.76. The number of sulfonamides is 1. The van der Waals surface area contributed by atoms with Crippen LogP contribution in [0.1, 0.15) is 34.6 Å². The van der Waals surface area contributed by atoms with Gasteiger partial charge in [-0.2, -0.15) is 4.72 Å². The molecular formula is C21H26BrNO4S. The standard InChI is InChI=1S/C21H26BrNO4S/c1-14(2)19(20(24)27-21(3,4)5)23-28(25,26)18-12-8-16(9-13-18)15-6-10-17(22)11-7-15/h6-14,19,23H,1-5H3/t19-/m0/s1. The Kier molecular flexibility index (Phi) is 7.07. The van der Waals surface area contributed by atoms with Crippen LogP contribution in [0, 0.1) is 5.92 Å². The third-order valence-electron chi connectivity index (χ3n) is 3.95. The summed E-state index contributed by atoms with van der Waals surface area (Å²) in [6.45, 7) is 8.79. The molecule has 0 aliphatic rings. The smallest absolute Gasteiger partial charge is 0.324 e. The van der Waals surface area contributed by atoms with E-state index >= 15 is 0 Å². The lowest BCUT2D eigenvalue weighted by Crippen LogP contribution is -2.47. The molecule has 0 unspecified atom stereocenters. The molecule has 0 saturated carbocycles. The first-order chi connectivity index (χ1) is 12.9. The number of nitrogens with one attached hydrogen (secondary N) is 1. The van der Waals surface area contributed by atoms with Crippen molar-refractivity contribution in [1.82, 2.24) is 4.72 Å². The molecule has 2 aromatic rings. The van der Waals surface area contributed by atoms with E-state index in [1.807, 2.05) is 24.3 Å². The minimum Gasteiger partial charge on any atom is -0.459 e. The number of carbonyl (C=O) groups excluding carboxylic acids is 1. The van der Waals surface area contributed by atoms with Crippen molar-refractivity contribution in [2.45, 2.75) is 51.2 Å². The summed E-state index contributed by atoms with van der Waals surface area (Å²) in [5, 5.41) is 0. The van der Waals surface area contributed by atoms with E-state index in [1.54, 1.807) is 46.8 Å². The molecule has 2 rings (SSSR count). The van der Waals surface area contributed by atoms with Crippen LogP contribution in [0.2, 0.25) is 0 Å². The summed E-state index contributed by atoms with van der Waals surface area (Å²) < 4.78 is 34.4. The Hall–Kier alpha value is -1.70. The maximum atomic E-state index is 12.8. The second-order valence-electron chi connectivity index (χ2n) is 7.91. The highest BCUT2D eigenvalue weighted by Gasteiger charge is 2.32. The number of hydrogen-bond acceptors (Lipinski definition) is 4. The molecule has 7 heteroatoms. The van der Waals surface area contributed by atoms with Gasteiger partial charge in [-0.3, -0.25) is 4.79 Å². The molecular weight excluding hydrogens is 442 g/mol. The van der Waals surface area contributed by atoms with Crippen LogP contribution in [0.15, 0.2) is 57.9 Å². The lowest BCUT2D eigenvalue weighted by atomic mass is 10.1. The Morgan fingerprint density at radius 2 is 1.43 bits per heavy atom. The van der Waals surface area contributed by atoms with Crippen molar-refractivity contribution in [3.63, 3.8) is 0 Å². The van der Waals surface area contributed by atoms with Gasteiger partial charge in [0.1, 0.15) is 11.6 Å². The number of rotatable bonds is 6. The van der Waals surface area contributed by atoms with Gasteiger partial charge >= 0.3 is 5.97 Å². The first-order valence-corrected chi connectivity index (χ1v) is 11.3. The quantitative estimate of drug-likeness (QED) is 0.621. The van der Waals surface area contributed by atoms with Gasteiger partial charge in [-0.05, 0) is 62.1 Å². The second-order valence-corrected chi connectivity index (χ2v) is 10.5. The molecule has 0 aromatic heterocycles. The van der Waals surface area contributed by atoms with Gasteiger partial charge in [-0.25, -0.2) is 8.42 Å². The molecule has 1 atom stereocenters. The van der Waals surface area contributed by atoms with Crippen molar-refractivity contribution < 1.29 is 17.9 Å². The highest BCUT2D eigenvalue weighted by molar-refractivity contribution is 9.10. The molecule has 28 heavy (non-hydrogen) atoms. The van der Waals surface area contributed by atoms with E-state index in [0.29, 0.717) is 0 Å². The summed E-state index contributed by atoms with van der Waals surface area (Å²) in [6.07, 6.45) is 0. The first-order valence-electron chi connectivity index (χ1n) is 9.00. The molecule has 2 aromatic carbocycles. The molecule has 5 nitrogen and oxygen atoms in total. The Balaban J connectivity index is 2.22. The lowest BCUT2D eigenvalue weighted by molar-refractivity contribution is -0.158. The van der Waals surface area contributed by atoms with E-state index in [2.05, 4.69) is 20.7 Å². The van der Waals surface area contributed by atoms with Crippen molar-refractivity contribution in [1.29, 1.82) is 0 Å². The fourth-order valence-corrected chi connectivity index (χ4v) is 4.12. The van der Waals surface area contributed by atoms with Gasteiger partial charge < -0.3 is 4.74 Å². The third-order valence-corrected chi connectivity index (χ3v) is 5.94. The van der Waals surface area contributed by atoms with E-state index in [-0.39, 0.29) is 10.8 Å². The first kappa shape index (κ1) is 22.6. The van der Waals surface area contributed by atoms with Crippen LogP contribution in [0.5, 0.6) is 0 Å². The van der Waals surface area contributed by atoms with Crippen LogP contribution in [-0.4, -0.2) is 26.0 Å². The van der Waals surface area contributed by atoms with Gasteiger partial charge in [-0.15, -0.1) is 0 Å². The molecule has 0 radical (unpaired) electrons. The van der Waals surface area contributed by atoms with Crippen LogP contribution in [-0.2, 0) is 19.6 Å². The number of esters is 1. The van der Waals surface area contributed by atoms with E-state index in [4.69, 9.17) is 4.74 Å². The van der Waals surface area contributed by atoms with E-state index in [0.717, 1.165) is 15.6 Å². The lowest BCUT2D eigenvalue weighted by Gasteiger charge is -2.26. The highest BCUT2D eigenvalue weighted by Crippen LogP contribution is 2.24. The highest BCUT2D eigenvalue weighted by atomic mass is 79.9. The molecule has 0 bridgehead atoms. The monoisotopic (exact) mass is 467 g/mol. The zero-order valence-corrected chi connectivity index (χ0v) is 19.1. The molecule has 0 aliphatic carbocycles. The summed E-state index contributed by atoms with van der Waals surface area (Å²) in [7, 11) is -3.87. The Morgan fingerprint density at radius 1 is 0.964 bits per heavy atom. The predicted molar refractivity (Wildman–Crippen MR) is 114 cm³/mol. The molecule has 0 aliphatic heterocycles. The maximum Gasteiger partial charge on any atom is 0.324 e. The van der Waals surface area contributed by atoms with Crippen molar-refractivity contribution in [2.75, 3.05) is 0 Å². The molecule has 0 saturated heterocycles. The largest absolute Gasteiger partial charge is 0.459 e. The Morgan fingerprint density at radius 3 is 1.86 bits per heavy atom. The van der Waals surface area contributed by atoms with E-state index in [1.165, 1.54) is 12.1 Å². The number of benzene rings is 2. The fraction of sp³-hybridized carbons (Fsp3) is 0.381. The minimum absolute atomic E-state index is 0.0996. The summed E-state index contributed by atoms with van der Waals surface area (Å²) in [6, 6.07) is 13.3. The molecule has 0 amide bonds. The normalized spacial score (nSPS) is 13.4. The topological polar surface area (TPSA) is 72.5 Å². The van der Waals surface area contributed by atoms with Crippen molar-refractivity contribution >= 4 is 31.9 Å². The molecule has 152 valence electrons. The average molecular weight is 468 g/mol. The molecule has 0 fully saturated rings. The zero-order valence-electron chi connectivity index (χ0n) is 16.7. The van der Waals surface area contributed by atoms with Crippen molar-refractivity contribution in [2.24, 2.45) is 5.92 Å². The van der Waals surface area contributed by atoms with Gasteiger partial charge in [0, 0.05) is 4.47 Å². The fourth-order valence-electron chi connectivity index (χ4n) is 2.53. The van der Waals surface area contributed by atoms with Gasteiger partial charge in [0.15, 0.2) is 0 Å². The number of hydrogen-bond donors (Lipinski definition) is 1. The van der Waals surface area contributed by atoms with Crippen LogP contribution in [0.3, 0.4) is 0 Å². The van der Waals surface area contributed by atoms with Crippen LogP contribution in [0.4, 0.5) is 0 Å². The number of carbonyl (C=O) groups is 1. The van der Waals surface area contributed by atoms with Crippen LogP contribution in [0.25, 0.3) is 11.1 Å². The van der Waals surface area contributed by atoms with Gasteiger partial charge in [0.05, 0.1) is 4.90 Å². The maximum absolute atomic E-state index is 12.8. The van der Waals surface area contributed by atoms with Crippen LogP contribution >= 0.6 is 15.9 Å². The van der Waals surface area contributed by atoms with Crippen LogP contribution < -0.4 is 4.72 Å². The minimum atomic E-state index is -3.87. The summed E-state index contributed by atoms with van der Waals surface area (Å²) >= 11 is 3.39. The molecule has 0 spiro atoms. The van der Waals surface area contributed by atoms with Crippen molar-refractivity contribution in [3.05, 3.63) is 53.0 Å². The van der Waals surface area contributed by atoms with Crippen molar-refractivity contribution in [3.8, 4) is 11.1 Å². The Labute approximate surface area is 175 Å². The second kappa shape index (κ2) is 8.76. The summed E-state index contributed by atoms with van der Waals surface area (Å²) in [4.78, 5) is 12.5. The number of halogens is 1. The third kappa shape index (κ3) is 6.15. The van der Waals surface area contributed by atoms with Gasteiger partial charge in [-0.1, -0.05) is 54.0 Å². The van der Waals surface area contributed by atoms with Gasteiger partial charge in [0.25, 0.3) is 0 Å². The Bertz CT molecular complexity index is 914. The summed E-state index contributed by atoms with van der Waals surface area (Å²) in [5.41, 5.74) is 1.19. The molecule has 0 heterocycles. The number of ether oxygens (including phenoxy) is 1. The summed E-state index contributed by atoms with van der Waals surface area (Å²) in [5.74, 6) is -0.843. The SMILES string of the molecule is CC(C)[C@H](NS(=O)(=O)c1ccc(-c2ccc(Br)cc2)cc1)C(=O)OC(C)(C)C. The van der Waals surface area contributed by atoms with Gasteiger partial charge in [0.2, 0.25) is 10.0 Å². The van der Waals surface area contributed by atoms with E-state index < -0.39 is 27.6 Å². The van der Waals surface area contributed by atoms with E-state index in [9.17, 15) is 13.2 Å². The molecule has 1 N–H and O–H groups in total.